The minimum Gasteiger partial charge on any atom is -0.312 e. The summed E-state index contributed by atoms with van der Waals surface area (Å²) in [6.07, 6.45) is 3.17. The van der Waals surface area contributed by atoms with Gasteiger partial charge in [0.1, 0.15) is 5.82 Å². The molecule has 0 aliphatic carbocycles. The van der Waals surface area contributed by atoms with Crippen LogP contribution in [0.25, 0.3) is 0 Å². The van der Waals surface area contributed by atoms with E-state index in [0.29, 0.717) is 6.54 Å². The van der Waals surface area contributed by atoms with Crippen LogP contribution in [-0.4, -0.2) is 26.9 Å². The second-order valence-corrected chi connectivity index (χ2v) is 6.47. The topological polar surface area (TPSA) is 51.9 Å². The van der Waals surface area contributed by atoms with E-state index in [2.05, 4.69) is 38.1 Å². The standard InChI is InChI=1S/C14H26N4O/c1-5-15-11(14(2,3)4)10-18-13(19)17-9-7-6-8-12(17)16-18/h11,15H,5-10H2,1-4H3. The van der Waals surface area contributed by atoms with Gasteiger partial charge in [-0.15, -0.1) is 0 Å². The maximum Gasteiger partial charge on any atom is 0.345 e. The van der Waals surface area contributed by atoms with Gasteiger partial charge >= 0.3 is 5.69 Å². The van der Waals surface area contributed by atoms with Gasteiger partial charge in [-0.05, 0) is 24.8 Å². The van der Waals surface area contributed by atoms with Gasteiger partial charge in [0, 0.05) is 19.0 Å². The molecule has 5 heteroatoms. The van der Waals surface area contributed by atoms with Gasteiger partial charge in [0.25, 0.3) is 0 Å². The summed E-state index contributed by atoms with van der Waals surface area (Å²) in [6.45, 7) is 11.1. The lowest BCUT2D eigenvalue weighted by atomic mass is 9.86. The van der Waals surface area contributed by atoms with Crippen LogP contribution in [0.1, 0.15) is 46.4 Å². The van der Waals surface area contributed by atoms with Crippen LogP contribution >= 0.6 is 0 Å². The lowest BCUT2D eigenvalue weighted by molar-refractivity contribution is 0.236. The monoisotopic (exact) mass is 266 g/mol. The first-order valence-corrected chi connectivity index (χ1v) is 7.33. The number of nitrogens with one attached hydrogen (secondary N) is 1. The Bertz CT molecular complexity index is 481. The summed E-state index contributed by atoms with van der Waals surface area (Å²) in [5.74, 6) is 0.959. The van der Waals surface area contributed by atoms with Crippen molar-refractivity contribution in [1.29, 1.82) is 0 Å². The molecule has 2 heterocycles. The number of hydrogen-bond donors (Lipinski definition) is 1. The van der Waals surface area contributed by atoms with Crippen LogP contribution in [0, 0.1) is 5.41 Å². The maximum absolute atomic E-state index is 12.3. The highest BCUT2D eigenvalue weighted by Crippen LogP contribution is 2.20. The van der Waals surface area contributed by atoms with Crippen molar-refractivity contribution in [3.8, 4) is 0 Å². The molecule has 1 unspecified atom stereocenters. The lowest BCUT2D eigenvalue weighted by Crippen LogP contribution is -2.45. The van der Waals surface area contributed by atoms with Crippen LogP contribution in [-0.2, 0) is 19.5 Å². The van der Waals surface area contributed by atoms with E-state index in [-0.39, 0.29) is 17.1 Å². The van der Waals surface area contributed by atoms with Gasteiger partial charge < -0.3 is 5.32 Å². The molecule has 0 aromatic carbocycles. The first-order chi connectivity index (χ1) is 8.93. The van der Waals surface area contributed by atoms with E-state index < -0.39 is 0 Å². The average Bonchev–Trinajstić information content (AvgIpc) is 2.65. The Morgan fingerprint density at radius 3 is 2.68 bits per heavy atom. The highest BCUT2D eigenvalue weighted by atomic mass is 16.2. The molecule has 19 heavy (non-hydrogen) atoms. The van der Waals surface area contributed by atoms with Crippen LogP contribution in [0.4, 0.5) is 0 Å². The van der Waals surface area contributed by atoms with E-state index in [1.807, 2.05) is 4.57 Å². The third-order valence-corrected chi connectivity index (χ3v) is 3.88. The Labute approximate surface area is 115 Å². The minimum absolute atomic E-state index is 0.0573. The van der Waals surface area contributed by atoms with Gasteiger partial charge in [-0.1, -0.05) is 27.7 Å². The smallest absolute Gasteiger partial charge is 0.312 e. The molecule has 1 aliphatic rings. The summed E-state index contributed by atoms with van der Waals surface area (Å²) < 4.78 is 3.49. The van der Waals surface area contributed by atoms with Crippen molar-refractivity contribution in [2.45, 2.75) is 66.1 Å². The van der Waals surface area contributed by atoms with Gasteiger partial charge in [0.05, 0.1) is 6.54 Å². The van der Waals surface area contributed by atoms with Crippen LogP contribution in [0.15, 0.2) is 4.79 Å². The molecule has 0 amide bonds. The molecule has 5 nitrogen and oxygen atoms in total. The van der Waals surface area contributed by atoms with Crippen LogP contribution in [0.2, 0.25) is 0 Å². The molecule has 108 valence electrons. The van der Waals surface area contributed by atoms with Gasteiger partial charge in [0.2, 0.25) is 0 Å². The second kappa shape index (κ2) is 5.49. The Balaban J connectivity index is 2.22. The summed E-state index contributed by atoms with van der Waals surface area (Å²) in [4.78, 5) is 12.3. The van der Waals surface area contributed by atoms with Crippen molar-refractivity contribution in [1.82, 2.24) is 19.7 Å². The third-order valence-electron chi connectivity index (χ3n) is 3.88. The van der Waals surface area contributed by atoms with Crippen LogP contribution < -0.4 is 11.0 Å². The van der Waals surface area contributed by atoms with E-state index in [1.54, 1.807) is 4.68 Å². The molecule has 1 aromatic heterocycles. The molecule has 1 N–H and O–H groups in total. The molecule has 0 fully saturated rings. The summed E-state index contributed by atoms with van der Waals surface area (Å²) in [5.41, 5.74) is 0.168. The molecular weight excluding hydrogens is 240 g/mol. The van der Waals surface area contributed by atoms with Gasteiger partial charge in [0.15, 0.2) is 0 Å². The summed E-state index contributed by atoms with van der Waals surface area (Å²) in [7, 11) is 0. The Kier molecular flexibility index (Phi) is 4.13. The quantitative estimate of drug-likeness (QED) is 0.896. The Morgan fingerprint density at radius 2 is 2.11 bits per heavy atom. The summed E-state index contributed by atoms with van der Waals surface area (Å²) in [6, 6.07) is 0.257. The molecule has 1 aliphatic heterocycles. The lowest BCUT2D eigenvalue weighted by Gasteiger charge is -2.31. The fourth-order valence-electron chi connectivity index (χ4n) is 2.63. The minimum atomic E-state index is 0.0573. The predicted octanol–water partition coefficient (Wildman–Crippen LogP) is 1.41. The van der Waals surface area contributed by atoms with Crippen LogP contribution in [0.5, 0.6) is 0 Å². The molecule has 2 rings (SSSR count). The Morgan fingerprint density at radius 1 is 1.37 bits per heavy atom. The molecule has 0 saturated carbocycles. The molecule has 0 radical (unpaired) electrons. The third kappa shape index (κ3) is 3.08. The highest BCUT2D eigenvalue weighted by Gasteiger charge is 2.26. The predicted molar refractivity (Wildman–Crippen MR) is 76.3 cm³/mol. The first kappa shape index (κ1) is 14.3. The van der Waals surface area contributed by atoms with E-state index in [4.69, 9.17) is 0 Å². The van der Waals surface area contributed by atoms with Gasteiger partial charge in [-0.25, -0.2) is 9.48 Å². The van der Waals surface area contributed by atoms with Crippen molar-refractivity contribution < 1.29 is 0 Å². The fourth-order valence-corrected chi connectivity index (χ4v) is 2.63. The zero-order valence-electron chi connectivity index (χ0n) is 12.6. The molecular formula is C14H26N4O. The summed E-state index contributed by atoms with van der Waals surface area (Å²) in [5, 5.41) is 7.98. The van der Waals surface area contributed by atoms with Crippen molar-refractivity contribution in [3.63, 3.8) is 0 Å². The van der Waals surface area contributed by atoms with Crippen molar-refractivity contribution in [3.05, 3.63) is 16.3 Å². The molecule has 0 saturated heterocycles. The maximum atomic E-state index is 12.3. The van der Waals surface area contributed by atoms with Crippen LogP contribution in [0.3, 0.4) is 0 Å². The summed E-state index contributed by atoms with van der Waals surface area (Å²) >= 11 is 0. The van der Waals surface area contributed by atoms with Crippen molar-refractivity contribution in [2.24, 2.45) is 5.41 Å². The molecule has 0 bridgehead atoms. The number of aromatic nitrogens is 3. The van der Waals surface area contributed by atoms with E-state index in [1.165, 1.54) is 0 Å². The highest BCUT2D eigenvalue weighted by molar-refractivity contribution is 4.92. The number of likely N-dealkylation sites (N-methyl/N-ethyl adjacent to an activating group) is 1. The van der Waals surface area contributed by atoms with E-state index in [0.717, 1.165) is 38.2 Å². The molecule has 0 spiro atoms. The SMILES string of the molecule is CCNC(Cn1nc2n(c1=O)CCCC2)C(C)(C)C. The zero-order valence-corrected chi connectivity index (χ0v) is 12.6. The normalized spacial score (nSPS) is 17.3. The largest absolute Gasteiger partial charge is 0.345 e. The average molecular weight is 266 g/mol. The second-order valence-electron chi connectivity index (χ2n) is 6.47. The first-order valence-electron chi connectivity index (χ1n) is 7.33. The number of hydrogen-bond acceptors (Lipinski definition) is 3. The van der Waals surface area contributed by atoms with Crippen molar-refractivity contribution >= 4 is 0 Å². The Hall–Kier alpha value is -1.10. The number of rotatable bonds is 4. The van der Waals surface area contributed by atoms with E-state index in [9.17, 15) is 4.79 Å². The molecule has 1 atom stereocenters. The van der Waals surface area contributed by atoms with Gasteiger partial charge in [-0.2, -0.15) is 5.10 Å². The number of nitrogens with zero attached hydrogens (tertiary/aromatic N) is 3. The van der Waals surface area contributed by atoms with Crippen molar-refractivity contribution in [2.75, 3.05) is 6.54 Å². The van der Waals surface area contributed by atoms with E-state index >= 15 is 0 Å². The number of fused-ring (bicyclic) bond motifs is 1. The van der Waals surface area contributed by atoms with Gasteiger partial charge in [-0.3, -0.25) is 4.57 Å². The molecule has 1 aromatic rings. The fraction of sp³-hybridized carbons (Fsp3) is 0.857. The number of aryl methyl sites for hydroxylation is 1. The zero-order chi connectivity index (χ0) is 14.0.